The van der Waals surface area contributed by atoms with E-state index in [-0.39, 0.29) is 11.3 Å². The van der Waals surface area contributed by atoms with Crippen molar-refractivity contribution < 1.29 is 9.53 Å². The summed E-state index contributed by atoms with van der Waals surface area (Å²) in [5.41, 5.74) is 3.27. The molecule has 1 amide bonds. The molecule has 1 aromatic heterocycles. The third-order valence-corrected chi connectivity index (χ3v) is 6.78. The fourth-order valence-electron chi connectivity index (χ4n) is 5.18. The molecule has 6 nitrogen and oxygen atoms in total. The molecule has 2 fully saturated rings. The Morgan fingerprint density at radius 1 is 1.23 bits per heavy atom. The number of piperidine rings is 1. The molecule has 0 saturated carbocycles. The van der Waals surface area contributed by atoms with E-state index in [0.29, 0.717) is 0 Å². The van der Waals surface area contributed by atoms with Gasteiger partial charge in [-0.05, 0) is 56.8 Å². The Kier molecular flexibility index (Phi) is 6.14. The SMILES string of the molecule is CCCn1ncc(C(=O)N2CC[C@@]3(CCCN(Cc4cccc(OC)c4)C3)C2)c1C. The molecular weight excluding hydrogens is 376 g/mol. The van der Waals surface area contributed by atoms with Crippen LogP contribution in [0.15, 0.2) is 30.5 Å². The molecule has 0 radical (unpaired) electrons. The quantitative estimate of drug-likeness (QED) is 0.728. The molecular formula is C24H34N4O2. The molecule has 3 heterocycles. The van der Waals surface area contributed by atoms with Crippen LogP contribution in [-0.2, 0) is 13.1 Å². The summed E-state index contributed by atoms with van der Waals surface area (Å²) in [5, 5.41) is 4.43. The number of aryl methyl sites for hydroxylation is 1. The van der Waals surface area contributed by atoms with Gasteiger partial charge in [0.2, 0.25) is 0 Å². The van der Waals surface area contributed by atoms with Crippen molar-refractivity contribution in [2.24, 2.45) is 5.41 Å². The van der Waals surface area contributed by atoms with Gasteiger partial charge in [-0.25, -0.2) is 0 Å². The average molecular weight is 411 g/mol. The van der Waals surface area contributed by atoms with Gasteiger partial charge in [0.1, 0.15) is 5.75 Å². The number of methoxy groups -OCH3 is 1. The third kappa shape index (κ3) is 4.24. The number of amides is 1. The van der Waals surface area contributed by atoms with Gasteiger partial charge in [-0.2, -0.15) is 5.10 Å². The first kappa shape index (κ1) is 20.9. The van der Waals surface area contributed by atoms with Gasteiger partial charge < -0.3 is 9.64 Å². The highest BCUT2D eigenvalue weighted by Gasteiger charge is 2.43. The second kappa shape index (κ2) is 8.80. The molecule has 0 aliphatic carbocycles. The van der Waals surface area contributed by atoms with Crippen molar-refractivity contribution in [1.82, 2.24) is 19.6 Å². The van der Waals surface area contributed by atoms with E-state index < -0.39 is 0 Å². The zero-order chi connectivity index (χ0) is 21.1. The molecule has 4 rings (SSSR count). The van der Waals surface area contributed by atoms with E-state index in [1.807, 2.05) is 17.7 Å². The largest absolute Gasteiger partial charge is 0.497 e. The number of rotatable bonds is 6. The molecule has 1 atom stereocenters. The summed E-state index contributed by atoms with van der Waals surface area (Å²) in [4.78, 5) is 17.8. The van der Waals surface area contributed by atoms with Crippen LogP contribution in [-0.4, -0.2) is 58.8 Å². The lowest BCUT2D eigenvalue weighted by molar-refractivity contribution is 0.0674. The van der Waals surface area contributed by atoms with E-state index in [0.717, 1.165) is 69.1 Å². The maximum Gasteiger partial charge on any atom is 0.257 e. The predicted molar refractivity (Wildman–Crippen MR) is 118 cm³/mol. The van der Waals surface area contributed by atoms with Crippen LogP contribution in [0.5, 0.6) is 5.75 Å². The van der Waals surface area contributed by atoms with Crippen molar-refractivity contribution in [2.45, 2.75) is 52.6 Å². The van der Waals surface area contributed by atoms with Crippen LogP contribution in [0, 0.1) is 12.3 Å². The summed E-state index contributed by atoms with van der Waals surface area (Å²) in [6.45, 7) is 9.84. The summed E-state index contributed by atoms with van der Waals surface area (Å²) in [5.74, 6) is 1.06. The Hall–Kier alpha value is -2.34. The van der Waals surface area contributed by atoms with Crippen LogP contribution in [0.4, 0.5) is 0 Å². The number of hydrogen-bond acceptors (Lipinski definition) is 4. The molecule has 30 heavy (non-hydrogen) atoms. The van der Waals surface area contributed by atoms with Crippen LogP contribution in [0.2, 0.25) is 0 Å². The molecule has 1 spiro atoms. The molecule has 0 N–H and O–H groups in total. The standard InChI is InChI=1S/C24H34N4O2/c1-4-11-28-19(2)22(15-25-28)23(29)27-13-10-24(18-27)9-6-12-26(17-24)16-20-7-5-8-21(14-20)30-3/h5,7-8,14-15H,4,6,9-13,16-18H2,1-3H3/t24-/m1/s1. The van der Waals surface area contributed by atoms with Gasteiger partial charge in [0.05, 0.1) is 18.9 Å². The van der Waals surface area contributed by atoms with Gasteiger partial charge in [-0.15, -0.1) is 0 Å². The number of nitrogens with zero attached hydrogens (tertiary/aromatic N) is 4. The molecule has 2 aliphatic rings. The van der Waals surface area contributed by atoms with Crippen LogP contribution in [0.1, 0.15) is 54.2 Å². The maximum absolute atomic E-state index is 13.2. The molecule has 2 aromatic rings. The van der Waals surface area contributed by atoms with Crippen molar-refractivity contribution in [3.8, 4) is 5.75 Å². The lowest BCUT2D eigenvalue weighted by atomic mass is 9.79. The minimum absolute atomic E-state index is 0.150. The second-order valence-electron chi connectivity index (χ2n) is 9.01. The summed E-state index contributed by atoms with van der Waals surface area (Å²) in [6, 6.07) is 8.35. The highest BCUT2D eigenvalue weighted by molar-refractivity contribution is 5.95. The molecule has 6 heteroatoms. The predicted octanol–water partition coefficient (Wildman–Crippen LogP) is 3.74. The smallest absolute Gasteiger partial charge is 0.257 e. The highest BCUT2D eigenvalue weighted by Crippen LogP contribution is 2.40. The monoisotopic (exact) mass is 410 g/mol. The van der Waals surface area contributed by atoms with Crippen LogP contribution in [0.3, 0.4) is 0 Å². The minimum Gasteiger partial charge on any atom is -0.497 e. The number of aromatic nitrogens is 2. The van der Waals surface area contributed by atoms with E-state index in [1.54, 1.807) is 13.3 Å². The fourth-order valence-corrected chi connectivity index (χ4v) is 5.18. The number of carbonyl (C=O) groups excluding carboxylic acids is 1. The molecule has 2 saturated heterocycles. The van der Waals surface area contributed by atoms with E-state index in [9.17, 15) is 4.79 Å². The first-order chi connectivity index (χ1) is 14.5. The lowest BCUT2D eigenvalue weighted by Gasteiger charge is -2.40. The van der Waals surface area contributed by atoms with Gasteiger partial charge in [0, 0.05) is 43.8 Å². The van der Waals surface area contributed by atoms with E-state index in [4.69, 9.17) is 4.74 Å². The zero-order valence-corrected chi connectivity index (χ0v) is 18.6. The van der Waals surface area contributed by atoms with Gasteiger partial charge >= 0.3 is 0 Å². The molecule has 0 unspecified atom stereocenters. The Bertz CT molecular complexity index is 893. The molecule has 0 bridgehead atoms. The Morgan fingerprint density at radius 2 is 2.10 bits per heavy atom. The van der Waals surface area contributed by atoms with Crippen molar-refractivity contribution in [3.63, 3.8) is 0 Å². The zero-order valence-electron chi connectivity index (χ0n) is 18.6. The number of likely N-dealkylation sites (tertiary alicyclic amines) is 2. The Balaban J connectivity index is 1.41. The normalized spacial score (nSPS) is 22.0. The van der Waals surface area contributed by atoms with Crippen molar-refractivity contribution >= 4 is 5.91 Å². The first-order valence-electron chi connectivity index (χ1n) is 11.2. The van der Waals surface area contributed by atoms with Gasteiger partial charge in [0.15, 0.2) is 0 Å². The summed E-state index contributed by atoms with van der Waals surface area (Å²) in [7, 11) is 1.72. The molecule has 2 aliphatic heterocycles. The Labute approximate surface area is 179 Å². The minimum atomic E-state index is 0.150. The summed E-state index contributed by atoms with van der Waals surface area (Å²) < 4.78 is 7.33. The fraction of sp³-hybridized carbons (Fsp3) is 0.583. The third-order valence-electron chi connectivity index (χ3n) is 6.78. The summed E-state index contributed by atoms with van der Waals surface area (Å²) in [6.07, 6.45) is 6.27. The van der Waals surface area contributed by atoms with Crippen LogP contribution < -0.4 is 4.74 Å². The number of benzene rings is 1. The van der Waals surface area contributed by atoms with E-state index in [1.165, 1.54) is 18.4 Å². The average Bonchev–Trinajstić information content (AvgIpc) is 3.32. The van der Waals surface area contributed by atoms with Crippen molar-refractivity contribution in [3.05, 3.63) is 47.3 Å². The van der Waals surface area contributed by atoms with Crippen molar-refractivity contribution in [1.29, 1.82) is 0 Å². The topological polar surface area (TPSA) is 50.6 Å². The molecule has 162 valence electrons. The second-order valence-corrected chi connectivity index (χ2v) is 9.01. The number of ether oxygens (including phenoxy) is 1. The van der Waals surface area contributed by atoms with E-state index >= 15 is 0 Å². The van der Waals surface area contributed by atoms with Gasteiger partial charge in [-0.1, -0.05) is 19.1 Å². The van der Waals surface area contributed by atoms with Crippen LogP contribution in [0.25, 0.3) is 0 Å². The number of carbonyl (C=O) groups is 1. The number of hydrogen-bond donors (Lipinski definition) is 0. The maximum atomic E-state index is 13.2. The van der Waals surface area contributed by atoms with Crippen LogP contribution >= 0.6 is 0 Å². The highest BCUT2D eigenvalue weighted by atomic mass is 16.5. The van der Waals surface area contributed by atoms with Gasteiger partial charge in [-0.3, -0.25) is 14.4 Å². The lowest BCUT2D eigenvalue weighted by Crippen LogP contribution is -2.45. The molecule has 1 aromatic carbocycles. The van der Waals surface area contributed by atoms with Crippen molar-refractivity contribution in [2.75, 3.05) is 33.3 Å². The van der Waals surface area contributed by atoms with Gasteiger partial charge in [0.25, 0.3) is 5.91 Å². The summed E-state index contributed by atoms with van der Waals surface area (Å²) >= 11 is 0. The first-order valence-corrected chi connectivity index (χ1v) is 11.2. The van der Waals surface area contributed by atoms with E-state index in [2.05, 4.69) is 40.0 Å². The Morgan fingerprint density at radius 3 is 2.90 bits per heavy atom.